The van der Waals surface area contributed by atoms with Gasteiger partial charge in [0.2, 0.25) is 0 Å². The highest BCUT2D eigenvalue weighted by atomic mass is 16.5. The number of ether oxygens (including phenoxy) is 1. The lowest BCUT2D eigenvalue weighted by atomic mass is 10.1. The van der Waals surface area contributed by atoms with Crippen LogP contribution in [0.4, 0.5) is 5.69 Å². The first-order chi connectivity index (χ1) is 14.6. The Hall–Kier alpha value is -3.99. The average Bonchev–Trinajstić information content (AvgIpc) is 2.78. The topological polar surface area (TPSA) is 68.3 Å². The van der Waals surface area contributed by atoms with Crippen molar-refractivity contribution in [3.63, 3.8) is 0 Å². The third-order valence-corrected chi connectivity index (χ3v) is 4.68. The lowest BCUT2D eigenvalue weighted by molar-refractivity contribution is -0.118. The van der Waals surface area contributed by atoms with Gasteiger partial charge in [0.05, 0.1) is 11.2 Å². The van der Waals surface area contributed by atoms with E-state index in [2.05, 4.69) is 5.32 Å². The second-order valence-corrected chi connectivity index (χ2v) is 6.86. The predicted octanol–water partition coefficient (Wildman–Crippen LogP) is 5.12. The first-order valence-corrected chi connectivity index (χ1v) is 9.59. The number of hydrogen-bond donors (Lipinski definition) is 1. The van der Waals surface area contributed by atoms with Gasteiger partial charge < -0.3 is 10.1 Å². The molecule has 4 aromatic rings. The van der Waals surface area contributed by atoms with Gasteiger partial charge in [-0.2, -0.15) is 0 Å². The van der Waals surface area contributed by atoms with Crippen molar-refractivity contribution >= 4 is 28.3 Å². The summed E-state index contributed by atoms with van der Waals surface area (Å²) in [5.74, 6) is 0.296. The first kappa shape index (κ1) is 19.3. The molecule has 0 bridgehead atoms. The summed E-state index contributed by atoms with van der Waals surface area (Å²) in [6.45, 7) is 1.36. The van der Waals surface area contributed by atoms with E-state index in [9.17, 15) is 9.59 Å². The number of nitrogens with one attached hydrogen (secondary N) is 1. The lowest BCUT2D eigenvalue weighted by Gasteiger charge is -2.12. The first-order valence-electron chi connectivity index (χ1n) is 9.59. The lowest BCUT2D eigenvalue weighted by Crippen LogP contribution is -2.20. The third kappa shape index (κ3) is 4.36. The van der Waals surface area contributed by atoms with Gasteiger partial charge >= 0.3 is 0 Å². The maximum Gasteiger partial charge on any atom is 0.262 e. The van der Waals surface area contributed by atoms with Crippen LogP contribution in [0.3, 0.4) is 0 Å². The van der Waals surface area contributed by atoms with Crippen LogP contribution in [0.15, 0.2) is 84.9 Å². The minimum atomic E-state index is -0.285. The number of carbonyl (C=O) groups excluding carboxylic acids is 2. The highest BCUT2D eigenvalue weighted by Gasteiger charge is 2.11. The molecule has 0 spiro atoms. The molecular formula is C25H20N2O3. The van der Waals surface area contributed by atoms with E-state index in [4.69, 9.17) is 9.72 Å². The minimum Gasteiger partial charge on any atom is -0.483 e. The monoisotopic (exact) mass is 396 g/mol. The summed E-state index contributed by atoms with van der Waals surface area (Å²) in [6, 6.07) is 26.1. The van der Waals surface area contributed by atoms with Gasteiger partial charge in [-0.05, 0) is 43.3 Å². The van der Waals surface area contributed by atoms with Crippen LogP contribution in [-0.4, -0.2) is 23.3 Å². The Morgan fingerprint density at radius 2 is 1.60 bits per heavy atom. The summed E-state index contributed by atoms with van der Waals surface area (Å²) in [5, 5.41) is 3.63. The molecule has 4 rings (SSSR count). The molecule has 0 saturated heterocycles. The van der Waals surface area contributed by atoms with Gasteiger partial charge in [0.25, 0.3) is 5.91 Å². The smallest absolute Gasteiger partial charge is 0.262 e. The Morgan fingerprint density at radius 3 is 2.33 bits per heavy atom. The molecule has 0 atom stereocenters. The summed E-state index contributed by atoms with van der Waals surface area (Å²) >= 11 is 0. The average molecular weight is 396 g/mol. The zero-order valence-corrected chi connectivity index (χ0v) is 16.5. The fourth-order valence-electron chi connectivity index (χ4n) is 3.15. The van der Waals surface area contributed by atoms with Crippen LogP contribution in [-0.2, 0) is 4.79 Å². The number of aromatic nitrogens is 1. The Balaban J connectivity index is 1.53. The third-order valence-electron chi connectivity index (χ3n) is 4.68. The highest BCUT2D eigenvalue weighted by molar-refractivity contribution is 5.96. The molecule has 0 unspecified atom stereocenters. The van der Waals surface area contributed by atoms with Crippen LogP contribution in [0.2, 0.25) is 0 Å². The molecule has 0 aliphatic rings. The summed E-state index contributed by atoms with van der Waals surface area (Å²) in [4.78, 5) is 28.5. The molecule has 1 heterocycles. The summed E-state index contributed by atoms with van der Waals surface area (Å²) < 4.78 is 5.87. The van der Waals surface area contributed by atoms with Gasteiger partial charge in [0.15, 0.2) is 12.4 Å². The molecule has 0 saturated carbocycles. The van der Waals surface area contributed by atoms with Crippen LogP contribution >= 0.6 is 0 Å². The summed E-state index contributed by atoms with van der Waals surface area (Å²) in [5.41, 5.74) is 3.76. The van der Waals surface area contributed by atoms with E-state index in [0.717, 1.165) is 22.2 Å². The number of ketones is 1. The number of rotatable bonds is 6. The van der Waals surface area contributed by atoms with Gasteiger partial charge in [-0.1, -0.05) is 42.5 Å². The molecule has 5 nitrogen and oxygen atoms in total. The number of hydrogen-bond acceptors (Lipinski definition) is 4. The number of fused-ring (bicyclic) bond motifs is 1. The fraction of sp³-hybridized carbons (Fsp3) is 0.0800. The molecule has 148 valence electrons. The number of amides is 1. The van der Waals surface area contributed by atoms with Crippen molar-refractivity contribution in [2.75, 3.05) is 11.9 Å². The Morgan fingerprint density at radius 1 is 0.900 bits per heavy atom. The molecule has 0 radical (unpaired) electrons. The molecule has 5 heteroatoms. The second kappa shape index (κ2) is 8.57. The zero-order valence-electron chi connectivity index (χ0n) is 16.5. The van der Waals surface area contributed by atoms with Gasteiger partial charge in [-0.3, -0.25) is 9.59 Å². The molecule has 1 amide bonds. The molecule has 30 heavy (non-hydrogen) atoms. The van der Waals surface area contributed by atoms with Crippen LogP contribution < -0.4 is 10.1 Å². The van der Waals surface area contributed by atoms with Crippen molar-refractivity contribution in [1.29, 1.82) is 0 Å². The van der Waals surface area contributed by atoms with Crippen LogP contribution in [0, 0.1) is 0 Å². The van der Waals surface area contributed by atoms with E-state index in [1.165, 1.54) is 6.92 Å². The van der Waals surface area contributed by atoms with Gasteiger partial charge in [0.1, 0.15) is 5.75 Å². The highest BCUT2D eigenvalue weighted by Crippen LogP contribution is 2.30. The number of pyridine rings is 1. The number of carbonyl (C=O) groups is 2. The Labute approximate surface area is 174 Å². The molecule has 0 aliphatic heterocycles. The maximum absolute atomic E-state index is 12.4. The molecule has 1 aromatic heterocycles. The van der Waals surface area contributed by atoms with Gasteiger partial charge in [-0.15, -0.1) is 0 Å². The molecule has 1 N–H and O–H groups in total. The van der Waals surface area contributed by atoms with E-state index < -0.39 is 0 Å². The number of nitrogens with zero attached hydrogens (tertiary/aromatic N) is 1. The second-order valence-electron chi connectivity index (χ2n) is 6.86. The van der Waals surface area contributed by atoms with Crippen LogP contribution in [0.25, 0.3) is 22.2 Å². The number of benzene rings is 3. The summed E-state index contributed by atoms with van der Waals surface area (Å²) in [7, 11) is 0. The van der Waals surface area contributed by atoms with Crippen LogP contribution in [0.5, 0.6) is 5.75 Å². The standard InChI is InChI=1S/C25H20N2O3/c1-17(28)18-11-13-20(14-12-18)26-25(29)16-30-24-15-23(19-7-3-2-4-8-19)27-22-10-6-5-9-21(22)24/h2-15H,16H2,1H3,(H,26,29). The largest absolute Gasteiger partial charge is 0.483 e. The van der Waals surface area contributed by atoms with Crippen molar-refractivity contribution in [1.82, 2.24) is 4.98 Å². The van der Waals surface area contributed by atoms with Crippen molar-refractivity contribution in [2.24, 2.45) is 0 Å². The number of anilines is 1. The Kier molecular flexibility index (Phi) is 5.52. The van der Waals surface area contributed by atoms with Gasteiger partial charge in [-0.25, -0.2) is 4.98 Å². The molecule has 3 aromatic carbocycles. The van der Waals surface area contributed by atoms with Gasteiger partial charge in [0, 0.05) is 28.3 Å². The van der Waals surface area contributed by atoms with Crippen molar-refractivity contribution < 1.29 is 14.3 Å². The quantitative estimate of drug-likeness (QED) is 0.459. The fourth-order valence-corrected chi connectivity index (χ4v) is 3.15. The SMILES string of the molecule is CC(=O)c1ccc(NC(=O)COc2cc(-c3ccccc3)nc3ccccc23)cc1. The van der Waals surface area contributed by atoms with Crippen molar-refractivity contribution in [3.8, 4) is 17.0 Å². The number of Topliss-reactive ketones (excluding diaryl/α,β-unsaturated/α-hetero) is 1. The van der Waals surface area contributed by atoms with E-state index in [1.807, 2.05) is 60.7 Å². The Bertz CT molecular complexity index is 1200. The van der Waals surface area contributed by atoms with E-state index in [0.29, 0.717) is 17.0 Å². The number of para-hydroxylation sites is 1. The normalized spacial score (nSPS) is 10.6. The van der Waals surface area contributed by atoms with Crippen molar-refractivity contribution in [2.45, 2.75) is 6.92 Å². The van der Waals surface area contributed by atoms with Crippen LogP contribution in [0.1, 0.15) is 17.3 Å². The zero-order chi connectivity index (χ0) is 20.9. The molecule has 0 fully saturated rings. The van der Waals surface area contributed by atoms with E-state index >= 15 is 0 Å². The van der Waals surface area contributed by atoms with Crippen molar-refractivity contribution in [3.05, 3.63) is 90.5 Å². The molecular weight excluding hydrogens is 376 g/mol. The van der Waals surface area contributed by atoms with E-state index in [1.54, 1.807) is 24.3 Å². The summed E-state index contributed by atoms with van der Waals surface area (Å²) in [6.07, 6.45) is 0. The minimum absolute atomic E-state index is 0.0185. The predicted molar refractivity (Wildman–Crippen MR) is 118 cm³/mol. The maximum atomic E-state index is 12.4. The molecule has 0 aliphatic carbocycles. The van der Waals surface area contributed by atoms with E-state index in [-0.39, 0.29) is 18.3 Å².